The highest BCUT2D eigenvalue weighted by atomic mass is 16.5. The van der Waals surface area contributed by atoms with Crippen molar-refractivity contribution in [1.82, 2.24) is 42.5 Å². The summed E-state index contributed by atoms with van der Waals surface area (Å²) in [5.74, 6) is 4.40. The van der Waals surface area contributed by atoms with Crippen LogP contribution in [0.2, 0.25) is 0 Å². The molecule has 5 saturated heterocycles. The van der Waals surface area contributed by atoms with Crippen molar-refractivity contribution in [2.75, 3.05) is 6.61 Å². The van der Waals surface area contributed by atoms with E-state index in [0.29, 0.717) is 72.7 Å². The summed E-state index contributed by atoms with van der Waals surface area (Å²) in [6.07, 6.45) is 23.1. The van der Waals surface area contributed by atoms with E-state index in [0.717, 1.165) is 19.3 Å². The van der Waals surface area contributed by atoms with Crippen molar-refractivity contribution >= 4 is 5.97 Å². The van der Waals surface area contributed by atoms with E-state index in [-0.39, 0.29) is 42.5 Å². The van der Waals surface area contributed by atoms with Crippen molar-refractivity contribution in [2.24, 2.45) is 53.3 Å². The first kappa shape index (κ1) is 32.8. The van der Waals surface area contributed by atoms with Crippen LogP contribution in [-0.2, 0) is 9.53 Å². The second-order valence-corrected chi connectivity index (χ2v) is 17.7. The van der Waals surface area contributed by atoms with Gasteiger partial charge in [-0.15, -0.1) is 0 Å². The van der Waals surface area contributed by atoms with E-state index < -0.39 is 0 Å². The summed E-state index contributed by atoms with van der Waals surface area (Å²) in [4.78, 5) is 13.8. The summed E-state index contributed by atoms with van der Waals surface area (Å²) in [6.45, 7) is 4.52. The lowest BCUT2D eigenvalue weighted by atomic mass is 9.71. The molecular formula is C38H64N8O2. The van der Waals surface area contributed by atoms with Crippen LogP contribution in [0, 0.1) is 53.3 Å². The predicted molar refractivity (Wildman–Crippen MR) is 186 cm³/mol. The largest absolute Gasteiger partial charge is 0.461 e. The van der Waals surface area contributed by atoms with Crippen LogP contribution < -0.4 is 42.5 Å². The van der Waals surface area contributed by atoms with Gasteiger partial charge < -0.3 is 4.74 Å². The molecule has 0 aromatic carbocycles. The Morgan fingerprint density at radius 3 is 1.19 bits per heavy atom. The zero-order valence-corrected chi connectivity index (χ0v) is 29.5. The molecule has 9 aliphatic rings. The van der Waals surface area contributed by atoms with Gasteiger partial charge in [-0.3, -0.25) is 47.3 Å². The summed E-state index contributed by atoms with van der Waals surface area (Å²) in [5.41, 5.74) is 1.19. The lowest BCUT2D eigenvalue weighted by Crippen LogP contribution is -2.62. The number of hydrogen-bond acceptors (Lipinski definition) is 10. The molecule has 4 saturated carbocycles. The molecule has 9 fully saturated rings. The smallest absolute Gasteiger partial charge is 0.309 e. The molecule has 17 atom stereocenters. The van der Waals surface area contributed by atoms with Crippen LogP contribution in [0.3, 0.4) is 0 Å². The summed E-state index contributed by atoms with van der Waals surface area (Å²) in [5, 5.41) is 33.5. The highest BCUT2D eigenvalue weighted by molar-refractivity contribution is 5.73. The van der Waals surface area contributed by atoms with Gasteiger partial charge in [0.2, 0.25) is 0 Å². The molecule has 48 heavy (non-hydrogen) atoms. The maximum atomic E-state index is 13.8. The topological polar surface area (TPSA) is 123 Å². The molecule has 5 aliphatic heterocycles. The number of carbonyl (C=O) groups is 1. The molecule has 10 nitrogen and oxygen atoms in total. The van der Waals surface area contributed by atoms with Crippen LogP contribution >= 0.6 is 0 Å². The standard InChI is InChI=1S/C38H64N8O2/c1-20(2)18-19-48-38(47)28-17-9-16-27-29(28)37-45-35-26-15-8-7-14-25(26)33(43-35)41-31-22-11-4-3-10-21(22)30(39-31)40-32-23-12-5-6-13-24(23)34(42-32)44-36(27)46-37/h18,21-37,39-46H,3-17,19H2,1-2H3. The zero-order chi connectivity index (χ0) is 32.4. The molecule has 0 aromatic heterocycles. The number of ether oxygens (including phenoxy) is 1. The van der Waals surface area contributed by atoms with Crippen LogP contribution in [-0.4, -0.2) is 61.9 Å². The fraction of sp³-hybridized carbons (Fsp3) is 0.921. The van der Waals surface area contributed by atoms with E-state index in [2.05, 4.69) is 56.4 Å². The maximum absolute atomic E-state index is 13.8. The van der Waals surface area contributed by atoms with Crippen molar-refractivity contribution in [3.63, 3.8) is 0 Å². The molecule has 4 aliphatic carbocycles. The third-order valence-corrected chi connectivity index (χ3v) is 14.9. The van der Waals surface area contributed by atoms with E-state index in [4.69, 9.17) is 4.74 Å². The number of rotatable bonds is 3. The van der Waals surface area contributed by atoms with Crippen molar-refractivity contribution in [3.8, 4) is 0 Å². The summed E-state index contributed by atoms with van der Waals surface area (Å²) in [7, 11) is 0. The first-order valence-corrected chi connectivity index (χ1v) is 20.4. The predicted octanol–water partition coefficient (Wildman–Crippen LogP) is 3.34. The molecule has 5 heterocycles. The van der Waals surface area contributed by atoms with E-state index >= 15 is 0 Å². The van der Waals surface area contributed by atoms with Crippen LogP contribution in [0.4, 0.5) is 0 Å². The van der Waals surface area contributed by atoms with E-state index in [9.17, 15) is 4.79 Å². The van der Waals surface area contributed by atoms with E-state index in [1.54, 1.807) is 0 Å². The molecule has 10 heteroatoms. The summed E-state index contributed by atoms with van der Waals surface area (Å²) >= 11 is 0. The van der Waals surface area contributed by atoms with Crippen LogP contribution in [0.15, 0.2) is 11.6 Å². The molecule has 9 rings (SSSR count). The summed E-state index contributed by atoms with van der Waals surface area (Å²) < 4.78 is 5.96. The first-order valence-electron chi connectivity index (χ1n) is 20.4. The van der Waals surface area contributed by atoms with Crippen LogP contribution in [0.25, 0.3) is 0 Å². The number of hydrogen-bond donors (Lipinski definition) is 8. The number of esters is 1. The monoisotopic (exact) mass is 665 g/mol. The normalized spacial score (nSPS) is 51.2. The van der Waals surface area contributed by atoms with Gasteiger partial charge in [0.1, 0.15) is 6.61 Å². The van der Waals surface area contributed by atoms with Crippen molar-refractivity contribution < 1.29 is 9.53 Å². The second-order valence-electron chi connectivity index (χ2n) is 17.7. The van der Waals surface area contributed by atoms with Gasteiger partial charge in [-0.2, -0.15) is 0 Å². The lowest BCUT2D eigenvalue weighted by Gasteiger charge is -2.38. The molecule has 0 aromatic rings. The van der Waals surface area contributed by atoms with Gasteiger partial charge in [0.05, 0.1) is 55.2 Å². The Labute approximate surface area is 288 Å². The first-order chi connectivity index (χ1) is 23.5. The quantitative estimate of drug-likeness (QED) is 0.169. The van der Waals surface area contributed by atoms with E-state index in [1.165, 1.54) is 82.6 Å². The van der Waals surface area contributed by atoms with Gasteiger partial charge >= 0.3 is 5.97 Å². The SMILES string of the molecule is CC(C)=CCOC(=O)C1CCCC2C3NC4NC(NC5NC(NC6NC(NC(N3)C12)C1CCCCC61)C1CCCCC51)C1CCCCC41. The Bertz CT molecular complexity index is 1200. The third-order valence-electron chi connectivity index (χ3n) is 14.9. The van der Waals surface area contributed by atoms with Crippen molar-refractivity contribution in [2.45, 2.75) is 159 Å². The Kier molecular flexibility index (Phi) is 9.42. The Hall–Kier alpha value is -1.11. The summed E-state index contributed by atoms with van der Waals surface area (Å²) in [6, 6.07) is 0. The highest BCUT2D eigenvalue weighted by Crippen LogP contribution is 2.47. The molecule has 0 amide bonds. The number of allylic oxidation sites excluding steroid dienone is 1. The minimum atomic E-state index is -0.0813. The fourth-order valence-electron chi connectivity index (χ4n) is 12.7. The van der Waals surface area contributed by atoms with Gasteiger partial charge in [0, 0.05) is 5.92 Å². The maximum Gasteiger partial charge on any atom is 0.309 e. The van der Waals surface area contributed by atoms with Gasteiger partial charge in [-0.05, 0) is 113 Å². The highest BCUT2D eigenvalue weighted by Gasteiger charge is 2.56. The Balaban J connectivity index is 1.04. The number of nitrogens with one attached hydrogen (secondary N) is 8. The van der Waals surface area contributed by atoms with Crippen LogP contribution in [0.5, 0.6) is 0 Å². The zero-order valence-electron chi connectivity index (χ0n) is 29.5. The number of fused-ring (bicyclic) bond motifs is 20. The lowest BCUT2D eigenvalue weighted by molar-refractivity contribution is -0.152. The fourth-order valence-corrected chi connectivity index (χ4v) is 12.7. The second kappa shape index (κ2) is 13.8. The Morgan fingerprint density at radius 2 is 0.812 bits per heavy atom. The van der Waals surface area contributed by atoms with Gasteiger partial charge in [-0.1, -0.05) is 50.5 Å². The average molecular weight is 665 g/mol. The van der Waals surface area contributed by atoms with Crippen molar-refractivity contribution in [1.29, 1.82) is 0 Å². The average Bonchev–Trinajstić information content (AvgIpc) is 3.84. The molecule has 8 bridgehead atoms. The molecule has 0 spiro atoms. The minimum Gasteiger partial charge on any atom is -0.461 e. The van der Waals surface area contributed by atoms with Gasteiger partial charge in [-0.25, -0.2) is 0 Å². The third kappa shape index (κ3) is 6.02. The minimum absolute atomic E-state index is 0.00320. The molecule has 17 unspecified atom stereocenters. The van der Waals surface area contributed by atoms with Crippen molar-refractivity contribution in [3.05, 3.63) is 11.6 Å². The number of carbonyl (C=O) groups excluding carboxylic acids is 1. The van der Waals surface area contributed by atoms with E-state index in [1.807, 2.05) is 6.08 Å². The molecule has 268 valence electrons. The molecular weight excluding hydrogens is 600 g/mol. The van der Waals surface area contributed by atoms with Gasteiger partial charge in [0.25, 0.3) is 0 Å². The van der Waals surface area contributed by atoms with Gasteiger partial charge in [0.15, 0.2) is 0 Å². The Morgan fingerprint density at radius 1 is 0.479 bits per heavy atom. The molecule has 8 N–H and O–H groups in total. The van der Waals surface area contributed by atoms with Crippen LogP contribution in [0.1, 0.15) is 110 Å². The molecule has 0 radical (unpaired) electrons.